The summed E-state index contributed by atoms with van der Waals surface area (Å²) < 4.78 is 20.8. The normalized spacial score (nSPS) is 11.0. The maximum Gasteiger partial charge on any atom is 0.500 e. The lowest BCUT2D eigenvalue weighted by Gasteiger charge is -2.24. The summed E-state index contributed by atoms with van der Waals surface area (Å²) in [5.41, 5.74) is 0. The Morgan fingerprint density at radius 1 is 0.722 bits per heavy atom. The van der Waals surface area contributed by atoms with Gasteiger partial charge >= 0.3 is 8.80 Å². The van der Waals surface area contributed by atoms with Gasteiger partial charge in [-0.25, -0.2) is 0 Å². The smallest absolute Gasteiger partial charge is 0.382 e. The fourth-order valence-electron chi connectivity index (χ4n) is 1.53. The molecule has 0 saturated carbocycles. The van der Waals surface area contributed by atoms with Crippen molar-refractivity contribution in [3.8, 4) is 0 Å². The van der Waals surface area contributed by atoms with Crippen LogP contribution in [0.25, 0.3) is 0 Å². The van der Waals surface area contributed by atoms with Crippen LogP contribution in [-0.4, -0.2) is 43.3 Å². The molecule has 0 rings (SSSR count). The quantitative estimate of drug-likeness (QED) is 0.453. The van der Waals surface area contributed by atoms with Crippen LogP contribution < -0.4 is 0 Å². The van der Waals surface area contributed by atoms with E-state index in [1.807, 2.05) is 13.8 Å². The van der Waals surface area contributed by atoms with E-state index in [9.17, 15) is 0 Å². The average Bonchev–Trinajstić information content (AvgIpc) is 2.42. The maximum absolute atomic E-state index is 5.31. The zero-order valence-corrected chi connectivity index (χ0v) is 14.1. The summed E-state index contributed by atoms with van der Waals surface area (Å²) in [5, 5.41) is 0. The van der Waals surface area contributed by atoms with E-state index in [4.69, 9.17) is 18.0 Å². The lowest BCUT2D eigenvalue weighted by atomic mass is 10.2. The molecule has 0 bridgehead atoms. The van der Waals surface area contributed by atoms with E-state index in [1.54, 1.807) is 21.3 Å². The van der Waals surface area contributed by atoms with Crippen molar-refractivity contribution in [2.24, 2.45) is 0 Å². The highest BCUT2D eigenvalue weighted by atomic mass is 28.4. The number of unbranched alkanes of at least 4 members (excludes halogenated alkanes) is 3. The average molecular weight is 280 g/mol. The Balaban J connectivity index is 0. The summed E-state index contributed by atoms with van der Waals surface area (Å²) >= 11 is 0. The third-order valence-corrected chi connectivity index (χ3v) is 5.51. The summed E-state index contributed by atoms with van der Waals surface area (Å²) in [4.78, 5) is 0. The monoisotopic (exact) mass is 280 g/mol. The molecule has 4 nitrogen and oxygen atoms in total. The Labute approximate surface area is 114 Å². The molecule has 112 valence electrons. The van der Waals surface area contributed by atoms with Crippen molar-refractivity contribution in [2.45, 2.75) is 52.5 Å². The van der Waals surface area contributed by atoms with Gasteiger partial charge in [-0.2, -0.15) is 0 Å². The van der Waals surface area contributed by atoms with Gasteiger partial charge in [0.05, 0.1) is 0 Å². The van der Waals surface area contributed by atoms with Crippen LogP contribution >= 0.6 is 0 Å². The second kappa shape index (κ2) is 15.1. The highest BCUT2D eigenvalue weighted by Crippen LogP contribution is 2.17. The SMILES string of the molecule is CCCCCC[Si](OC)(OC)OC.CCOCC. The van der Waals surface area contributed by atoms with E-state index in [-0.39, 0.29) is 0 Å². The molecule has 0 aliphatic heterocycles. The van der Waals surface area contributed by atoms with Crippen LogP contribution in [-0.2, 0) is 18.0 Å². The predicted octanol–water partition coefficient (Wildman–Crippen LogP) is 3.49. The minimum Gasteiger partial charge on any atom is -0.382 e. The molecule has 0 heterocycles. The molecule has 0 aromatic heterocycles. The molecule has 0 unspecified atom stereocenters. The summed E-state index contributed by atoms with van der Waals surface area (Å²) in [7, 11) is 2.73. The lowest BCUT2D eigenvalue weighted by molar-refractivity contribution is 0.122. The van der Waals surface area contributed by atoms with Crippen LogP contribution in [0.5, 0.6) is 0 Å². The standard InChI is InChI=1S/C9H22O3Si.C4H10O/c1-5-6-7-8-9-13(10-2,11-3)12-4;1-3-5-4-2/h5-9H2,1-4H3;3-4H2,1-2H3. The molecule has 0 atom stereocenters. The van der Waals surface area contributed by atoms with E-state index < -0.39 is 8.80 Å². The van der Waals surface area contributed by atoms with Crippen molar-refractivity contribution in [3.05, 3.63) is 0 Å². The Kier molecular flexibility index (Phi) is 17.1. The van der Waals surface area contributed by atoms with E-state index in [2.05, 4.69) is 6.92 Å². The van der Waals surface area contributed by atoms with Crippen LogP contribution in [0.2, 0.25) is 6.04 Å². The van der Waals surface area contributed by atoms with Gasteiger partial charge in [-0.1, -0.05) is 26.2 Å². The zero-order chi connectivity index (χ0) is 14.3. The minimum absolute atomic E-state index is 0.844. The van der Waals surface area contributed by atoms with Crippen molar-refractivity contribution in [3.63, 3.8) is 0 Å². The second-order valence-corrected chi connectivity index (χ2v) is 6.98. The molecule has 5 heteroatoms. The van der Waals surface area contributed by atoms with Gasteiger partial charge in [0.25, 0.3) is 0 Å². The van der Waals surface area contributed by atoms with E-state index in [1.165, 1.54) is 19.3 Å². The van der Waals surface area contributed by atoms with Crippen molar-refractivity contribution < 1.29 is 18.0 Å². The first-order valence-corrected chi connectivity index (χ1v) is 8.82. The topological polar surface area (TPSA) is 36.9 Å². The molecule has 0 aromatic carbocycles. The van der Waals surface area contributed by atoms with Gasteiger partial charge in [0.2, 0.25) is 0 Å². The van der Waals surface area contributed by atoms with Gasteiger partial charge in [-0.15, -0.1) is 0 Å². The Hall–Kier alpha value is 0.0569. The number of hydrogen-bond donors (Lipinski definition) is 0. The number of rotatable bonds is 10. The highest BCUT2D eigenvalue weighted by Gasteiger charge is 2.36. The lowest BCUT2D eigenvalue weighted by Crippen LogP contribution is -2.42. The van der Waals surface area contributed by atoms with Crippen LogP contribution in [0.15, 0.2) is 0 Å². The fraction of sp³-hybridized carbons (Fsp3) is 1.00. The van der Waals surface area contributed by atoms with Gasteiger partial charge in [-0.3, -0.25) is 0 Å². The third kappa shape index (κ3) is 11.2. The highest BCUT2D eigenvalue weighted by molar-refractivity contribution is 6.60. The molecule has 0 aliphatic carbocycles. The predicted molar refractivity (Wildman–Crippen MR) is 77.9 cm³/mol. The fourth-order valence-corrected chi connectivity index (χ4v) is 3.32. The van der Waals surface area contributed by atoms with E-state index >= 15 is 0 Å². The molecule has 18 heavy (non-hydrogen) atoms. The minimum atomic E-state index is -2.27. The van der Waals surface area contributed by atoms with Crippen LogP contribution in [0.1, 0.15) is 46.5 Å². The zero-order valence-electron chi connectivity index (χ0n) is 13.1. The summed E-state index contributed by atoms with van der Waals surface area (Å²) in [6.45, 7) is 7.87. The second-order valence-electron chi connectivity index (χ2n) is 3.89. The maximum atomic E-state index is 5.31. The molecule has 0 aliphatic rings. The van der Waals surface area contributed by atoms with Crippen molar-refractivity contribution in [2.75, 3.05) is 34.5 Å². The van der Waals surface area contributed by atoms with Gasteiger partial charge in [0, 0.05) is 40.6 Å². The Morgan fingerprint density at radius 2 is 1.22 bits per heavy atom. The van der Waals surface area contributed by atoms with Crippen molar-refractivity contribution >= 4 is 8.80 Å². The van der Waals surface area contributed by atoms with Crippen LogP contribution in [0, 0.1) is 0 Å². The first kappa shape index (κ1) is 20.4. The van der Waals surface area contributed by atoms with Crippen molar-refractivity contribution in [1.82, 2.24) is 0 Å². The molecular formula is C13H32O4Si. The molecule has 0 saturated heterocycles. The number of hydrogen-bond acceptors (Lipinski definition) is 4. The van der Waals surface area contributed by atoms with E-state index in [0.717, 1.165) is 25.7 Å². The Morgan fingerprint density at radius 3 is 1.50 bits per heavy atom. The molecule has 0 radical (unpaired) electrons. The molecule has 0 fully saturated rings. The summed E-state index contributed by atoms with van der Waals surface area (Å²) in [6, 6.07) is 0.927. The van der Waals surface area contributed by atoms with Gasteiger partial charge in [0.15, 0.2) is 0 Å². The molecule has 0 amide bonds. The molecular weight excluding hydrogens is 248 g/mol. The van der Waals surface area contributed by atoms with Crippen LogP contribution in [0.3, 0.4) is 0 Å². The van der Waals surface area contributed by atoms with Gasteiger partial charge in [0.1, 0.15) is 0 Å². The van der Waals surface area contributed by atoms with E-state index in [0.29, 0.717) is 0 Å². The summed E-state index contributed by atoms with van der Waals surface area (Å²) in [6.07, 6.45) is 4.90. The third-order valence-electron chi connectivity index (χ3n) is 2.68. The first-order valence-electron chi connectivity index (χ1n) is 6.89. The Bertz CT molecular complexity index is 142. The van der Waals surface area contributed by atoms with Crippen LogP contribution in [0.4, 0.5) is 0 Å². The molecule has 0 spiro atoms. The van der Waals surface area contributed by atoms with Gasteiger partial charge < -0.3 is 18.0 Å². The van der Waals surface area contributed by atoms with Crippen molar-refractivity contribution in [1.29, 1.82) is 0 Å². The van der Waals surface area contributed by atoms with Gasteiger partial charge in [-0.05, 0) is 20.3 Å². The largest absolute Gasteiger partial charge is 0.500 e. The number of ether oxygens (including phenoxy) is 1. The molecule has 0 aromatic rings. The first-order chi connectivity index (χ1) is 8.66. The summed E-state index contributed by atoms with van der Waals surface area (Å²) in [5.74, 6) is 0. The molecule has 0 N–H and O–H groups in total.